The van der Waals surface area contributed by atoms with Gasteiger partial charge in [-0.2, -0.15) is 0 Å². The number of carbonyl (C=O) groups excluding carboxylic acids is 1. The minimum atomic E-state index is 0.131. The molecule has 2 aromatic carbocycles. The zero-order chi connectivity index (χ0) is 16.9. The number of fused-ring (bicyclic) bond motifs is 1. The number of rotatable bonds is 6. The Morgan fingerprint density at radius 2 is 2.04 bits per heavy atom. The summed E-state index contributed by atoms with van der Waals surface area (Å²) in [5.74, 6) is 1.06. The molecule has 0 unspecified atom stereocenters. The monoisotopic (exact) mass is 341 g/mol. The van der Waals surface area contributed by atoms with Crippen molar-refractivity contribution in [3.8, 4) is 0 Å². The minimum Gasteiger partial charge on any atom is -0.342 e. The van der Waals surface area contributed by atoms with Gasteiger partial charge in [-0.3, -0.25) is 4.79 Å². The Kier molecular flexibility index (Phi) is 5.16. The number of aryl methyl sites for hydroxylation is 1. The number of nitrogens with zero attached hydrogens (tertiary/aromatic N) is 2. The summed E-state index contributed by atoms with van der Waals surface area (Å²) in [4.78, 5) is 21.8. The van der Waals surface area contributed by atoms with Gasteiger partial charge in [0.1, 0.15) is 5.82 Å². The van der Waals surface area contributed by atoms with E-state index in [0.717, 1.165) is 35.3 Å². The van der Waals surface area contributed by atoms with E-state index >= 15 is 0 Å². The van der Waals surface area contributed by atoms with Crippen LogP contribution < -0.4 is 0 Å². The number of halogens is 1. The molecule has 124 valence electrons. The van der Waals surface area contributed by atoms with Crippen LogP contribution in [0.2, 0.25) is 5.02 Å². The quantitative estimate of drug-likeness (QED) is 0.730. The number of H-pyrrole nitrogens is 1. The Morgan fingerprint density at radius 3 is 2.83 bits per heavy atom. The molecule has 4 nitrogen and oxygen atoms in total. The summed E-state index contributed by atoms with van der Waals surface area (Å²) < 4.78 is 0. The molecule has 3 rings (SSSR count). The normalized spacial score (nSPS) is 10.9. The van der Waals surface area contributed by atoms with E-state index in [9.17, 15) is 4.79 Å². The first-order valence-electron chi connectivity index (χ1n) is 8.04. The van der Waals surface area contributed by atoms with Crippen LogP contribution in [-0.2, 0) is 17.8 Å². The lowest BCUT2D eigenvalue weighted by molar-refractivity contribution is -0.130. The zero-order valence-corrected chi connectivity index (χ0v) is 14.4. The molecule has 0 aliphatic carbocycles. The van der Waals surface area contributed by atoms with Crippen molar-refractivity contribution < 1.29 is 4.79 Å². The molecule has 1 aromatic heterocycles. The number of amides is 1. The van der Waals surface area contributed by atoms with Crippen molar-refractivity contribution in [2.45, 2.75) is 25.8 Å². The average molecular weight is 342 g/mol. The van der Waals surface area contributed by atoms with Crippen molar-refractivity contribution >= 4 is 28.5 Å². The third-order valence-corrected chi connectivity index (χ3v) is 4.21. The standard InChI is InChI=1S/C19H20ClN3O/c1-23(13-14-6-4-7-15(20)12-14)19(24)11-5-10-18-21-16-8-2-3-9-17(16)22-18/h2-4,6-9,12H,5,10-11,13H2,1H3,(H,21,22). The molecule has 1 amide bonds. The number of benzene rings is 2. The first-order valence-corrected chi connectivity index (χ1v) is 8.41. The lowest BCUT2D eigenvalue weighted by Gasteiger charge is -2.17. The number of para-hydroxylation sites is 2. The van der Waals surface area contributed by atoms with Crippen LogP contribution in [0.25, 0.3) is 11.0 Å². The lowest BCUT2D eigenvalue weighted by Crippen LogP contribution is -2.26. The predicted molar refractivity (Wildman–Crippen MR) is 97.0 cm³/mol. The Hall–Kier alpha value is -2.33. The topological polar surface area (TPSA) is 49.0 Å². The number of aromatic nitrogens is 2. The van der Waals surface area contributed by atoms with Gasteiger partial charge in [0.2, 0.25) is 5.91 Å². The first kappa shape index (κ1) is 16.5. The maximum absolute atomic E-state index is 12.3. The van der Waals surface area contributed by atoms with E-state index in [4.69, 9.17) is 11.6 Å². The molecular formula is C19H20ClN3O. The second kappa shape index (κ2) is 7.49. The van der Waals surface area contributed by atoms with Gasteiger partial charge < -0.3 is 9.88 Å². The zero-order valence-electron chi connectivity index (χ0n) is 13.6. The molecule has 0 aliphatic rings. The smallest absolute Gasteiger partial charge is 0.222 e. The van der Waals surface area contributed by atoms with Gasteiger partial charge in [-0.25, -0.2) is 4.98 Å². The second-order valence-electron chi connectivity index (χ2n) is 5.93. The number of imidazole rings is 1. The number of aromatic amines is 1. The molecule has 1 N–H and O–H groups in total. The van der Waals surface area contributed by atoms with E-state index in [1.54, 1.807) is 4.90 Å². The van der Waals surface area contributed by atoms with Crippen LogP contribution in [0.4, 0.5) is 0 Å². The van der Waals surface area contributed by atoms with Gasteiger partial charge in [0.25, 0.3) is 0 Å². The molecule has 1 heterocycles. The molecule has 0 saturated carbocycles. The van der Waals surface area contributed by atoms with E-state index in [0.29, 0.717) is 18.0 Å². The van der Waals surface area contributed by atoms with Gasteiger partial charge in [-0.15, -0.1) is 0 Å². The van der Waals surface area contributed by atoms with E-state index in [2.05, 4.69) is 9.97 Å². The Balaban J connectivity index is 1.49. The molecule has 3 aromatic rings. The second-order valence-corrected chi connectivity index (χ2v) is 6.37. The van der Waals surface area contributed by atoms with Crippen molar-refractivity contribution in [3.63, 3.8) is 0 Å². The van der Waals surface area contributed by atoms with Crippen LogP contribution >= 0.6 is 11.6 Å². The molecule has 5 heteroatoms. The number of carbonyl (C=O) groups is 1. The van der Waals surface area contributed by atoms with Crippen LogP contribution in [0.15, 0.2) is 48.5 Å². The number of nitrogens with one attached hydrogen (secondary N) is 1. The molecule has 0 atom stereocenters. The SMILES string of the molecule is CN(Cc1cccc(Cl)c1)C(=O)CCCc1nc2ccccc2[nH]1. The minimum absolute atomic E-state index is 0.131. The van der Waals surface area contributed by atoms with Crippen LogP contribution in [-0.4, -0.2) is 27.8 Å². The third kappa shape index (κ3) is 4.15. The number of hydrogen-bond donors (Lipinski definition) is 1. The van der Waals surface area contributed by atoms with Crippen molar-refractivity contribution in [1.82, 2.24) is 14.9 Å². The fourth-order valence-electron chi connectivity index (χ4n) is 2.72. The number of hydrogen-bond acceptors (Lipinski definition) is 2. The fraction of sp³-hybridized carbons (Fsp3) is 0.263. The van der Waals surface area contributed by atoms with E-state index < -0.39 is 0 Å². The molecule has 0 fully saturated rings. The summed E-state index contributed by atoms with van der Waals surface area (Å²) in [6.45, 7) is 0.573. The maximum Gasteiger partial charge on any atom is 0.222 e. The highest BCUT2D eigenvalue weighted by molar-refractivity contribution is 6.30. The van der Waals surface area contributed by atoms with Gasteiger partial charge >= 0.3 is 0 Å². The summed E-state index contributed by atoms with van der Waals surface area (Å²) in [7, 11) is 1.82. The van der Waals surface area contributed by atoms with Gasteiger partial charge in [-0.1, -0.05) is 35.9 Å². The maximum atomic E-state index is 12.3. The third-order valence-electron chi connectivity index (χ3n) is 3.98. The van der Waals surface area contributed by atoms with Gasteiger partial charge in [0.05, 0.1) is 11.0 Å². The average Bonchev–Trinajstić information content (AvgIpc) is 2.97. The van der Waals surface area contributed by atoms with Gasteiger partial charge in [0, 0.05) is 31.5 Å². The summed E-state index contributed by atoms with van der Waals surface area (Å²) in [5, 5.41) is 0.693. The summed E-state index contributed by atoms with van der Waals surface area (Å²) >= 11 is 5.98. The molecule has 0 spiro atoms. The highest BCUT2D eigenvalue weighted by atomic mass is 35.5. The highest BCUT2D eigenvalue weighted by Gasteiger charge is 2.10. The van der Waals surface area contributed by atoms with Crippen LogP contribution in [0.5, 0.6) is 0 Å². The molecular weight excluding hydrogens is 322 g/mol. The van der Waals surface area contributed by atoms with E-state index in [1.165, 1.54) is 0 Å². The summed E-state index contributed by atoms with van der Waals surface area (Å²) in [6.07, 6.45) is 2.05. The van der Waals surface area contributed by atoms with Crippen molar-refractivity contribution in [1.29, 1.82) is 0 Å². The highest BCUT2D eigenvalue weighted by Crippen LogP contribution is 2.14. The Bertz CT molecular complexity index is 810. The van der Waals surface area contributed by atoms with Crippen molar-refractivity contribution in [2.75, 3.05) is 7.05 Å². The van der Waals surface area contributed by atoms with Gasteiger partial charge in [0.15, 0.2) is 0 Å². The Morgan fingerprint density at radius 1 is 1.21 bits per heavy atom. The van der Waals surface area contributed by atoms with Crippen molar-refractivity contribution in [2.24, 2.45) is 0 Å². The van der Waals surface area contributed by atoms with Crippen molar-refractivity contribution in [3.05, 3.63) is 64.9 Å². The largest absolute Gasteiger partial charge is 0.342 e. The van der Waals surface area contributed by atoms with E-state index in [1.807, 2.05) is 55.6 Å². The summed E-state index contributed by atoms with van der Waals surface area (Å²) in [6, 6.07) is 15.6. The van der Waals surface area contributed by atoms with Crippen LogP contribution in [0, 0.1) is 0 Å². The van der Waals surface area contributed by atoms with Crippen LogP contribution in [0.1, 0.15) is 24.2 Å². The molecule has 0 radical (unpaired) electrons. The lowest BCUT2D eigenvalue weighted by atomic mass is 10.2. The Labute approximate surface area is 146 Å². The molecule has 0 bridgehead atoms. The van der Waals surface area contributed by atoms with E-state index in [-0.39, 0.29) is 5.91 Å². The molecule has 0 aliphatic heterocycles. The van der Waals surface area contributed by atoms with Gasteiger partial charge in [-0.05, 0) is 36.2 Å². The summed E-state index contributed by atoms with van der Waals surface area (Å²) in [5.41, 5.74) is 3.05. The first-order chi connectivity index (χ1) is 11.6. The molecule has 24 heavy (non-hydrogen) atoms. The van der Waals surface area contributed by atoms with Crippen LogP contribution in [0.3, 0.4) is 0 Å². The molecule has 0 saturated heterocycles. The fourth-order valence-corrected chi connectivity index (χ4v) is 2.93. The predicted octanol–water partition coefficient (Wildman–Crippen LogP) is 4.20.